The van der Waals surface area contributed by atoms with Crippen LogP contribution >= 0.6 is 0 Å². The van der Waals surface area contributed by atoms with E-state index in [1.165, 1.54) is 12.3 Å². The molecule has 0 spiro atoms. The molecule has 2 heterocycles. The van der Waals surface area contributed by atoms with Crippen LogP contribution in [0.1, 0.15) is 32.3 Å². The van der Waals surface area contributed by atoms with E-state index in [4.69, 9.17) is 4.74 Å². The Hall–Kier alpha value is -1.00. The van der Waals surface area contributed by atoms with Crippen LogP contribution in [-0.4, -0.2) is 22.3 Å². The van der Waals surface area contributed by atoms with Gasteiger partial charge in [-0.15, -0.1) is 0 Å². The maximum atomic E-state index is 13.6. The smallest absolute Gasteiger partial charge is 0.147 e. The number of hydrogen-bond acceptors (Lipinski definition) is 3. The largest absolute Gasteiger partial charge is 0.385 e. The van der Waals surface area contributed by atoms with Crippen LogP contribution in [0.2, 0.25) is 0 Å². The van der Waals surface area contributed by atoms with Crippen LogP contribution in [0.15, 0.2) is 18.5 Å². The average molecular weight is 225 g/mol. The molecule has 0 aromatic carbocycles. The molecule has 1 atom stereocenters. The van der Waals surface area contributed by atoms with Crippen LogP contribution in [0.5, 0.6) is 0 Å². The van der Waals surface area contributed by atoms with E-state index in [2.05, 4.69) is 4.98 Å². The van der Waals surface area contributed by atoms with Crippen LogP contribution in [0.4, 0.5) is 4.39 Å². The molecule has 1 aromatic rings. The third-order valence-corrected chi connectivity index (χ3v) is 3.00. The summed E-state index contributed by atoms with van der Waals surface area (Å²) < 4.78 is 19.1. The molecular formula is C12H16FNO2. The highest BCUT2D eigenvalue weighted by atomic mass is 19.1. The molecule has 0 saturated carbocycles. The van der Waals surface area contributed by atoms with Crippen molar-refractivity contribution in [2.45, 2.75) is 37.9 Å². The molecule has 1 unspecified atom stereocenters. The van der Waals surface area contributed by atoms with E-state index >= 15 is 0 Å². The summed E-state index contributed by atoms with van der Waals surface area (Å²) in [7, 11) is 0. The lowest BCUT2D eigenvalue weighted by Gasteiger charge is -2.41. The third kappa shape index (κ3) is 2.08. The summed E-state index contributed by atoms with van der Waals surface area (Å²) >= 11 is 0. The van der Waals surface area contributed by atoms with E-state index in [1.807, 2.05) is 13.8 Å². The summed E-state index contributed by atoms with van der Waals surface area (Å²) in [6.45, 7) is 4.23. The van der Waals surface area contributed by atoms with Gasteiger partial charge >= 0.3 is 0 Å². The number of aromatic nitrogens is 1. The van der Waals surface area contributed by atoms with Crippen LogP contribution in [-0.2, 0) is 10.3 Å². The molecule has 16 heavy (non-hydrogen) atoms. The lowest BCUT2D eigenvalue weighted by molar-refractivity contribution is -0.149. The second-order valence-electron chi connectivity index (χ2n) is 4.92. The number of ether oxygens (including phenoxy) is 1. The number of nitrogens with zero attached hydrogens (tertiary/aromatic N) is 1. The zero-order valence-corrected chi connectivity index (χ0v) is 9.53. The molecule has 88 valence electrons. The van der Waals surface area contributed by atoms with Gasteiger partial charge in [0.2, 0.25) is 0 Å². The lowest BCUT2D eigenvalue weighted by Crippen LogP contribution is -2.44. The van der Waals surface area contributed by atoms with E-state index < -0.39 is 17.0 Å². The standard InChI is InChI=1S/C12H16FNO2/c1-11(2)8-12(15,4-6-16-11)9-3-5-14-7-10(9)13/h3,5,7,15H,4,6,8H2,1-2H3. The Morgan fingerprint density at radius 3 is 2.88 bits per heavy atom. The maximum absolute atomic E-state index is 13.6. The Balaban J connectivity index is 2.35. The molecule has 0 amide bonds. The number of aliphatic hydroxyl groups is 1. The van der Waals surface area contributed by atoms with Gasteiger partial charge in [0.05, 0.1) is 24.0 Å². The van der Waals surface area contributed by atoms with Gasteiger partial charge in [-0.25, -0.2) is 4.39 Å². The SMILES string of the molecule is CC1(C)CC(O)(c2ccncc2F)CCO1. The molecule has 1 N–H and O–H groups in total. The number of hydrogen-bond donors (Lipinski definition) is 1. The van der Waals surface area contributed by atoms with Crippen molar-refractivity contribution >= 4 is 0 Å². The van der Waals surface area contributed by atoms with Crippen molar-refractivity contribution < 1.29 is 14.2 Å². The highest BCUT2D eigenvalue weighted by Crippen LogP contribution is 2.39. The minimum absolute atomic E-state index is 0.318. The average Bonchev–Trinajstić information content (AvgIpc) is 2.16. The zero-order chi connectivity index (χ0) is 11.8. The second-order valence-corrected chi connectivity index (χ2v) is 4.92. The first kappa shape index (κ1) is 11.5. The number of pyridine rings is 1. The van der Waals surface area contributed by atoms with Gasteiger partial charge in [-0.3, -0.25) is 4.98 Å². The molecule has 0 aliphatic carbocycles. The Bertz CT molecular complexity index is 394. The van der Waals surface area contributed by atoms with Gasteiger partial charge in [-0.05, 0) is 19.9 Å². The summed E-state index contributed by atoms with van der Waals surface area (Å²) in [5.74, 6) is -0.456. The van der Waals surface area contributed by atoms with Crippen LogP contribution < -0.4 is 0 Å². The number of rotatable bonds is 1. The summed E-state index contributed by atoms with van der Waals surface area (Å²) in [6.07, 6.45) is 3.44. The van der Waals surface area contributed by atoms with Gasteiger partial charge < -0.3 is 9.84 Å². The van der Waals surface area contributed by atoms with E-state index in [0.29, 0.717) is 25.0 Å². The predicted molar refractivity (Wildman–Crippen MR) is 57.4 cm³/mol. The summed E-state index contributed by atoms with van der Waals surface area (Å²) in [5, 5.41) is 10.5. The van der Waals surface area contributed by atoms with Crippen molar-refractivity contribution in [2.24, 2.45) is 0 Å². The topological polar surface area (TPSA) is 42.4 Å². The Morgan fingerprint density at radius 2 is 2.25 bits per heavy atom. The molecule has 4 heteroatoms. The van der Waals surface area contributed by atoms with Crippen molar-refractivity contribution in [1.29, 1.82) is 0 Å². The van der Waals surface area contributed by atoms with Gasteiger partial charge in [0.25, 0.3) is 0 Å². The fourth-order valence-corrected chi connectivity index (χ4v) is 2.32. The van der Waals surface area contributed by atoms with E-state index in [-0.39, 0.29) is 0 Å². The molecule has 3 nitrogen and oxygen atoms in total. The minimum Gasteiger partial charge on any atom is -0.385 e. The Labute approximate surface area is 94.3 Å². The summed E-state index contributed by atoms with van der Waals surface area (Å²) in [5.41, 5.74) is -1.25. The molecule has 1 saturated heterocycles. The highest BCUT2D eigenvalue weighted by Gasteiger charge is 2.42. The predicted octanol–water partition coefficient (Wildman–Crippen LogP) is 2.00. The Kier molecular flexibility index (Phi) is 2.72. The molecule has 0 bridgehead atoms. The van der Waals surface area contributed by atoms with Crippen molar-refractivity contribution in [3.63, 3.8) is 0 Å². The molecule has 1 aromatic heterocycles. The lowest BCUT2D eigenvalue weighted by atomic mass is 9.79. The molecule has 2 rings (SSSR count). The maximum Gasteiger partial charge on any atom is 0.147 e. The van der Waals surface area contributed by atoms with Gasteiger partial charge in [-0.1, -0.05) is 0 Å². The highest BCUT2D eigenvalue weighted by molar-refractivity contribution is 5.22. The molecular weight excluding hydrogens is 209 g/mol. The van der Waals surface area contributed by atoms with Crippen LogP contribution in [0.3, 0.4) is 0 Å². The first-order valence-corrected chi connectivity index (χ1v) is 5.39. The van der Waals surface area contributed by atoms with Crippen LogP contribution in [0, 0.1) is 5.82 Å². The van der Waals surface area contributed by atoms with Gasteiger partial charge in [0.1, 0.15) is 5.82 Å². The third-order valence-electron chi connectivity index (χ3n) is 3.00. The molecule has 1 fully saturated rings. The van der Waals surface area contributed by atoms with Crippen molar-refractivity contribution in [3.05, 3.63) is 29.8 Å². The quantitative estimate of drug-likeness (QED) is 0.794. The zero-order valence-electron chi connectivity index (χ0n) is 9.53. The van der Waals surface area contributed by atoms with Gasteiger partial charge in [-0.2, -0.15) is 0 Å². The van der Waals surface area contributed by atoms with Gasteiger partial charge in [0, 0.05) is 24.6 Å². The van der Waals surface area contributed by atoms with Crippen molar-refractivity contribution in [3.8, 4) is 0 Å². The normalized spacial score (nSPS) is 29.0. The Morgan fingerprint density at radius 1 is 1.50 bits per heavy atom. The molecule has 1 aliphatic rings. The number of halogens is 1. The molecule has 0 radical (unpaired) electrons. The van der Waals surface area contributed by atoms with E-state index in [9.17, 15) is 9.50 Å². The van der Waals surface area contributed by atoms with Crippen molar-refractivity contribution in [2.75, 3.05) is 6.61 Å². The van der Waals surface area contributed by atoms with E-state index in [1.54, 1.807) is 0 Å². The fourth-order valence-electron chi connectivity index (χ4n) is 2.32. The fraction of sp³-hybridized carbons (Fsp3) is 0.583. The van der Waals surface area contributed by atoms with Gasteiger partial charge in [0.15, 0.2) is 0 Å². The first-order valence-electron chi connectivity index (χ1n) is 5.39. The van der Waals surface area contributed by atoms with Crippen LogP contribution in [0.25, 0.3) is 0 Å². The first-order chi connectivity index (χ1) is 7.43. The van der Waals surface area contributed by atoms with E-state index in [0.717, 1.165) is 6.20 Å². The van der Waals surface area contributed by atoms with Crippen molar-refractivity contribution in [1.82, 2.24) is 4.98 Å². The summed E-state index contributed by atoms with van der Waals surface area (Å²) in [4.78, 5) is 3.69. The minimum atomic E-state index is -1.14. The monoisotopic (exact) mass is 225 g/mol. The summed E-state index contributed by atoms with van der Waals surface area (Å²) in [6, 6.07) is 1.54. The second kappa shape index (κ2) is 3.79. The molecule has 1 aliphatic heterocycles.